The molecule has 0 saturated carbocycles. The second-order valence-electron chi connectivity index (χ2n) is 10.3. The van der Waals surface area contributed by atoms with E-state index in [1.165, 1.54) is 12.1 Å². The van der Waals surface area contributed by atoms with E-state index >= 15 is 0 Å². The van der Waals surface area contributed by atoms with Gasteiger partial charge in [-0.15, -0.1) is 5.10 Å². The molecule has 206 valence electrons. The van der Waals surface area contributed by atoms with Crippen LogP contribution in [0.4, 0.5) is 20.3 Å². The van der Waals surface area contributed by atoms with Gasteiger partial charge in [0.15, 0.2) is 5.65 Å². The number of fused-ring (bicyclic) bond motifs is 1. The van der Waals surface area contributed by atoms with Gasteiger partial charge in [0.2, 0.25) is 0 Å². The number of nitrogens with zero attached hydrogens (tertiary/aromatic N) is 7. The molecule has 2 aliphatic rings. The van der Waals surface area contributed by atoms with Crippen molar-refractivity contribution >= 4 is 17.2 Å². The zero-order valence-corrected chi connectivity index (χ0v) is 22.4. The van der Waals surface area contributed by atoms with Gasteiger partial charge in [-0.1, -0.05) is 6.07 Å². The predicted octanol–water partition coefficient (Wildman–Crippen LogP) is 4.66. The van der Waals surface area contributed by atoms with Crippen molar-refractivity contribution in [2.45, 2.75) is 18.9 Å². The average Bonchev–Trinajstić information content (AvgIpc) is 3.64. The van der Waals surface area contributed by atoms with Gasteiger partial charge in [0.25, 0.3) is 0 Å². The number of benzene rings is 2. The number of aromatic nitrogens is 3. The van der Waals surface area contributed by atoms with Crippen LogP contribution in [0.3, 0.4) is 0 Å². The van der Waals surface area contributed by atoms with Gasteiger partial charge in [0, 0.05) is 57.5 Å². The Morgan fingerprint density at radius 1 is 1.02 bits per heavy atom. The molecule has 40 heavy (non-hydrogen) atoms. The number of hydrogen-bond donors (Lipinski definition) is 0. The van der Waals surface area contributed by atoms with Crippen molar-refractivity contribution < 1.29 is 13.5 Å². The second kappa shape index (κ2) is 11.2. The summed E-state index contributed by atoms with van der Waals surface area (Å²) in [6.07, 6.45) is 3.32. The Balaban J connectivity index is 1.28. The number of methoxy groups -OCH3 is 1. The molecule has 8 nitrogen and oxygen atoms in total. The number of halogens is 2. The Morgan fingerprint density at radius 2 is 1.88 bits per heavy atom. The molecule has 1 atom stereocenters. The lowest BCUT2D eigenvalue weighted by molar-refractivity contribution is 0.144. The first kappa shape index (κ1) is 26.2. The van der Waals surface area contributed by atoms with E-state index in [-0.39, 0.29) is 6.04 Å². The minimum Gasteiger partial charge on any atom is -0.383 e. The van der Waals surface area contributed by atoms with Crippen molar-refractivity contribution in [3.8, 4) is 17.3 Å². The molecule has 0 N–H and O–H groups in total. The van der Waals surface area contributed by atoms with Gasteiger partial charge in [0.1, 0.15) is 23.5 Å². The van der Waals surface area contributed by atoms with Crippen LogP contribution in [-0.2, 0) is 4.74 Å². The maximum atomic E-state index is 14.6. The van der Waals surface area contributed by atoms with Crippen LogP contribution >= 0.6 is 0 Å². The molecule has 0 radical (unpaired) electrons. The van der Waals surface area contributed by atoms with Crippen LogP contribution in [0.1, 0.15) is 30.0 Å². The molecule has 0 aliphatic carbocycles. The van der Waals surface area contributed by atoms with Crippen LogP contribution in [0.5, 0.6) is 0 Å². The maximum Gasteiger partial charge on any atom is 0.154 e. The molecule has 0 spiro atoms. The van der Waals surface area contributed by atoms with Gasteiger partial charge in [-0.2, -0.15) is 5.26 Å². The highest BCUT2D eigenvalue weighted by Crippen LogP contribution is 2.37. The summed E-state index contributed by atoms with van der Waals surface area (Å²) in [5.41, 5.74) is 4.15. The average molecular weight is 544 g/mol. The van der Waals surface area contributed by atoms with Crippen molar-refractivity contribution in [1.82, 2.24) is 19.5 Å². The molecule has 0 amide bonds. The van der Waals surface area contributed by atoms with E-state index in [2.05, 4.69) is 20.9 Å². The van der Waals surface area contributed by atoms with Gasteiger partial charge in [0.05, 0.1) is 35.8 Å². The Kier molecular flexibility index (Phi) is 7.32. The molecule has 4 heterocycles. The largest absolute Gasteiger partial charge is 0.383 e. The predicted molar refractivity (Wildman–Crippen MR) is 149 cm³/mol. The van der Waals surface area contributed by atoms with Crippen molar-refractivity contribution in [1.29, 1.82) is 5.26 Å². The molecule has 4 aromatic rings. The minimum absolute atomic E-state index is 0.299. The maximum absolute atomic E-state index is 14.6. The van der Waals surface area contributed by atoms with Crippen molar-refractivity contribution in [3.05, 3.63) is 77.5 Å². The summed E-state index contributed by atoms with van der Waals surface area (Å²) < 4.78 is 35.6. The molecule has 0 bridgehead atoms. The number of ether oxygens (including phenoxy) is 1. The first-order valence-corrected chi connectivity index (χ1v) is 13.6. The van der Waals surface area contributed by atoms with Gasteiger partial charge in [-0.3, -0.25) is 4.90 Å². The monoisotopic (exact) mass is 543 g/mol. The molecular weight excluding hydrogens is 512 g/mol. The molecule has 2 aromatic heterocycles. The summed E-state index contributed by atoms with van der Waals surface area (Å²) in [7, 11) is 1.72. The summed E-state index contributed by atoms with van der Waals surface area (Å²) in [4.78, 5) is 11.2. The van der Waals surface area contributed by atoms with E-state index in [1.54, 1.807) is 17.8 Å². The fraction of sp³-hybridized carbons (Fsp3) is 0.367. The lowest BCUT2D eigenvalue weighted by Crippen LogP contribution is -2.47. The van der Waals surface area contributed by atoms with Crippen LogP contribution in [0.2, 0.25) is 0 Å². The molecular formula is C30H31F2N7O. The van der Waals surface area contributed by atoms with Crippen LogP contribution < -0.4 is 9.80 Å². The van der Waals surface area contributed by atoms with Crippen molar-refractivity contribution in [3.63, 3.8) is 0 Å². The van der Waals surface area contributed by atoms with Gasteiger partial charge in [-0.25, -0.2) is 18.3 Å². The summed E-state index contributed by atoms with van der Waals surface area (Å²) in [6.45, 7) is 5.86. The highest BCUT2D eigenvalue weighted by atomic mass is 19.1. The quantitative estimate of drug-likeness (QED) is 0.336. The fourth-order valence-corrected chi connectivity index (χ4v) is 5.84. The van der Waals surface area contributed by atoms with E-state index < -0.39 is 11.6 Å². The number of hydrogen-bond acceptors (Lipinski definition) is 7. The summed E-state index contributed by atoms with van der Waals surface area (Å²) >= 11 is 0. The molecule has 1 unspecified atom stereocenters. The lowest BCUT2D eigenvalue weighted by Gasteiger charge is -2.36. The Morgan fingerprint density at radius 3 is 2.67 bits per heavy atom. The number of nitriles is 1. The highest BCUT2D eigenvalue weighted by Gasteiger charge is 2.30. The van der Waals surface area contributed by atoms with Gasteiger partial charge >= 0.3 is 0 Å². The third-order valence-electron chi connectivity index (χ3n) is 7.95. The standard InChI is InChI=1S/C30H31F2N7O/c1-40-16-15-36-11-13-37(14-12-36)26-7-4-21(17-22(26)19-33)28-20-34-29-8-9-30(35-39(28)29)38-10-2-3-27(38)24-18-23(31)5-6-25(24)32/h4-9,17-18,20,27H,2-3,10-16H2,1H3. The topological polar surface area (TPSA) is 72.9 Å². The summed E-state index contributed by atoms with van der Waals surface area (Å²) in [5.74, 6) is -0.196. The van der Waals surface area contributed by atoms with Crippen molar-refractivity contribution in [2.24, 2.45) is 0 Å². The SMILES string of the molecule is COCCN1CCN(c2ccc(-c3cnc4ccc(N5CCCC5c5cc(F)ccc5F)nn34)cc2C#N)CC1. The second-order valence-corrected chi connectivity index (χ2v) is 10.3. The van der Waals surface area contributed by atoms with Crippen LogP contribution in [0.15, 0.2) is 54.7 Å². The lowest BCUT2D eigenvalue weighted by atomic mass is 10.0. The zero-order chi connectivity index (χ0) is 27.6. The number of rotatable bonds is 7. The third-order valence-corrected chi connectivity index (χ3v) is 7.95. The van der Waals surface area contributed by atoms with Gasteiger partial charge in [-0.05, 0) is 55.3 Å². The Hall–Kier alpha value is -4.07. The Bertz CT molecular complexity index is 1560. The number of piperazine rings is 1. The summed E-state index contributed by atoms with van der Waals surface area (Å²) in [5, 5.41) is 14.9. The van der Waals surface area contributed by atoms with E-state index in [9.17, 15) is 14.0 Å². The number of anilines is 2. The van der Waals surface area contributed by atoms with E-state index in [0.717, 1.165) is 62.2 Å². The van der Waals surface area contributed by atoms with E-state index in [1.807, 2.05) is 35.2 Å². The van der Waals surface area contributed by atoms with Crippen molar-refractivity contribution in [2.75, 3.05) is 62.8 Å². The first-order valence-electron chi connectivity index (χ1n) is 13.6. The highest BCUT2D eigenvalue weighted by molar-refractivity contribution is 5.71. The third kappa shape index (κ3) is 4.98. The molecule has 2 aromatic carbocycles. The molecule has 2 fully saturated rings. The Labute approximate surface area is 232 Å². The molecule has 10 heteroatoms. The molecule has 2 aliphatic heterocycles. The summed E-state index contributed by atoms with van der Waals surface area (Å²) in [6, 6.07) is 15.3. The van der Waals surface area contributed by atoms with E-state index in [4.69, 9.17) is 9.84 Å². The van der Waals surface area contributed by atoms with Crippen LogP contribution in [0, 0.1) is 23.0 Å². The normalized spacial score (nSPS) is 18.0. The first-order chi connectivity index (χ1) is 19.6. The minimum atomic E-state index is -0.451. The zero-order valence-electron chi connectivity index (χ0n) is 22.4. The van der Waals surface area contributed by atoms with E-state index in [0.29, 0.717) is 42.2 Å². The number of imidazole rings is 1. The van der Waals surface area contributed by atoms with Gasteiger partial charge < -0.3 is 14.5 Å². The fourth-order valence-electron chi connectivity index (χ4n) is 5.84. The van der Waals surface area contributed by atoms with Crippen LogP contribution in [-0.4, -0.2) is 72.5 Å². The van der Waals surface area contributed by atoms with Crippen LogP contribution in [0.25, 0.3) is 16.9 Å². The molecule has 2 saturated heterocycles. The molecule has 6 rings (SSSR count). The smallest absolute Gasteiger partial charge is 0.154 e.